The largest absolute Gasteiger partial charge is 0.491 e. The van der Waals surface area contributed by atoms with Crippen LogP contribution in [0.2, 0.25) is 0 Å². The van der Waals surface area contributed by atoms with Crippen LogP contribution in [0.4, 0.5) is 5.82 Å². The zero-order chi connectivity index (χ0) is 18.6. The quantitative estimate of drug-likeness (QED) is 0.891. The van der Waals surface area contributed by atoms with Crippen LogP contribution in [0.25, 0.3) is 0 Å². The third kappa shape index (κ3) is 4.32. The van der Waals surface area contributed by atoms with Gasteiger partial charge in [-0.25, -0.2) is 4.98 Å². The molecule has 3 rings (SSSR count). The van der Waals surface area contributed by atoms with Crippen molar-refractivity contribution in [1.82, 2.24) is 9.88 Å². The second-order valence-corrected chi connectivity index (χ2v) is 6.96. The monoisotopic (exact) mass is 355 g/mol. The Morgan fingerprint density at radius 2 is 2.04 bits per heavy atom. The van der Waals surface area contributed by atoms with Crippen LogP contribution in [-0.2, 0) is 0 Å². The number of ether oxygens (including phenoxy) is 1. The van der Waals surface area contributed by atoms with Gasteiger partial charge in [-0.1, -0.05) is 18.2 Å². The molecule has 2 aromatic rings. The van der Waals surface area contributed by atoms with Gasteiger partial charge in [0.15, 0.2) is 0 Å². The number of carbonyl (C=O) groups excluding carboxylic acids is 1. The standard InChI is InChI=1S/C20H25N3O3/c1-22(2)18-10-9-16(13-21-18)19(24)23-12-6-11-20(25,14-23)15-26-17-7-4-3-5-8-17/h3-5,7-10,13,25H,6,11-12,14-15H2,1-2H3. The van der Waals surface area contributed by atoms with Crippen molar-refractivity contribution in [3.63, 3.8) is 0 Å². The summed E-state index contributed by atoms with van der Waals surface area (Å²) in [6.45, 7) is 1.05. The highest BCUT2D eigenvalue weighted by molar-refractivity contribution is 5.94. The smallest absolute Gasteiger partial charge is 0.255 e. The Morgan fingerprint density at radius 3 is 2.69 bits per heavy atom. The summed E-state index contributed by atoms with van der Waals surface area (Å²) in [5.41, 5.74) is -0.510. The minimum Gasteiger partial charge on any atom is -0.491 e. The van der Waals surface area contributed by atoms with Gasteiger partial charge in [0.25, 0.3) is 5.91 Å². The second-order valence-electron chi connectivity index (χ2n) is 6.96. The number of carbonyl (C=O) groups is 1. The first-order valence-electron chi connectivity index (χ1n) is 8.80. The molecule has 0 aliphatic carbocycles. The third-order valence-electron chi connectivity index (χ3n) is 4.55. The fraction of sp³-hybridized carbons (Fsp3) is 0.400. The predicted octanol–water partition coefficient (Wildman–Crippen LogP) is 2.19. The minimum absolute atomic E-state index is 0.111. The van der Waals surface area contributed by atoms with Crippen LogP contribution in [0.15, 0.2) is 48.7 Å². The molecule has 26 heavy (non-hydrogen) atoms. The summed E-state index contributed by atoms with van der Waals surface area (Å²) >= 11 is 0. The number of para-hydroxylation sites is 1. The summed E-state index contributed by atoms with van der Waals surface area (Å²) in [7, 11) is 3.81. The van der Waals surface area contributed by atoms with E-state index in [2.05, 4.69) is 4.98 Å². The number of nitrogens with zero attached hydrogens (tertiary/aromatic N) is 3. The number of amides is 1. The maximum Gasteiger partial charge on any atom is 0.255 e. The lowest BCUT2D eigenvalue weighted by atomic mass is 9.93. The first-order chi connectivity index (χ1) is 12.5. The number of anilines is 1. The number of hydrogen-bond acceptors (Lipinski definition) is 5. The van der Waals surface area contributed by atoms with Crippen LogP contribution in [0.5, 0.6) is 5.75 Å². The number of piperidine rings is 1. The van der Waals surface area contributed by atoms with Gasteiger partial charge >= 0.3 is 0 Å². The molecule has 1 N–H and O–H groups in total. The lowest BCUT2D eigenvalue weighted by Crippen LogP contribution is -2.53. The van der Waals surface area contributed by atoms with Crippen molar-refractivity contribution < 1.29 is 14.6 Å². The van der Waals surface area contributed by atoms with E-state index in [4.69, 9.17) is 4.74 Å². The number of rotatable bonds is 5. The Hall–Kier alpha value is -2.60. The SMILES string of the molecule is CN(C)c1ccc(C(=O)N2CCCC(O)(COc3ccccc3)C2)cn1. The van der Waals surface area contributed by atoms with Gasteiger partial charge in [0, 0.05) is 26.8 Å². The van der Waals surface area contributed by atoms with Crippen molar-refractivity contribution in [1.29, 1.82) is 0 Å². The van der Waals surface area contributed by atoms with E-state index in [1.165, 1.54) is 0 Å². The van der Waals surface area contributed by atoms with E-state index in [1.54, 1.807) is 17.2 Å². The van der Waals surface area contributed by atoms with Gasteiger partial charge in [0.2, 0.25) is 0 Å². The van der Waals surface area contributed by atoms with Gasteiger partial charge in [-0.3, -0.25) is 4.79 Å². The molecule has 138 valence electrons. The highest BCUT2D eigenvalue weighted by Gasteiger charge is 2.36. The summed E-state index contributed by atoms with van der Waals surface area (Å²) in [5.74, 6) is 1.40. The lowest BCUT2D eigenvalue weighted by Gasteiger charge is -2.39. The fourth-order valence-corrected chi connectivity index (χ4v) is 3.10. The number of aromatic nitrogens is 1. The van der Waals surface area contributed by atoms with E-state index in [1.807, 2.05) is 55.4 Å². The molecular formula is C20H25N3O3. The van der Waals surface area contributed by atoms with E-state index < -0.39 is 5.60 Å². The molecule has 1 unspecified atom stereocenters. The zero-order valence-electron chi connectivity index (χ0n) is 15.3. The molecule has 1 fully saturated rings. The van der Waals surface area contributed by atoms with Crippen molar-refractivity contribution >= 4 is 11.7 Å². The topological polar surface area (TPSA) is 65.9 Å². The number of hydrogen-bond donors (Lipinski definition) is 1. The van der Waals surface area contributed by atoms with Crippen molar-refractivity contribution in [2.75, 3.05) is 38.7 Å². The number of β-amino-alcohol motifs (C(OH)–C–C–N with tert-alkyl or cyclic N) is 1. The molecule has 1 amide bonds. The lowest BCUT2D eigenvalue weighted by molar-refractivity contribution is -0.0532. The zero-order valence-corrected chi connectivity index (χ0v) is 15.3. The summed E-state index contributed by atoms with van der Waals surface area (Å²) in [6, 6.07) is 13.0. The summed E-state index contributed by atoms with van der Waals surface area (Å²) in [6.07, 6.45) is 2.94. The highest BCUT2D eigenvalue weighted by atomic mass is 16.5. The van der Waals surface area contributed by atoms with Gasteiger partial charge < -0.3 is 19.6 Å². The van der Waals surface area contributed by atoms with Crippen molar-refractivity contribution in [2.24, 2.45) is 0 Å². The van der Waals surface area contributed by atoms with Crippen LogP contribution in [-0.4, -0.2) is 60.3 Å². The van der Waals surface area contributed by atoms with Crippen molar-refractivity contribution in [3.8, 4) is 5.75 Å². The number of aliphatic hydroxyl groups is 1. The van der Waals surface area contributed by atoms with Gasteiger partial charge in [-0.05, 0) is 37.1 Å². The average molecular weight is 355 g/mol. The average Bonchev–Trinajstić information content (AvgIpc) is 2.67. The first kappa shape index (κ1) is 18.2. The van der Waals surface area contributed by atoms with E-state index in [-0.39, 0.29) is 19.1 Å². The Morgan fingerprint density at radius 1 is 1.27 bits per heavy atom. The first-order valence-corrected chi connectivity index (χ1v) is 8.80. The third-order valence-corrected chi connectivity index (χ3v) is 4.55. The Bertz CT molecular complexity index is 734. The van der Waals surface area contributed by atoms with Crippen LogP contribution < -0.4 is 9.64 Å². The van der Waals surface area contributed by atoms with Crippen molar-refractivity contribution in [2.45, 2.75) is 18.4 Å². The Kier molecular flexibility index (Phi) is 5.42. The number of pyridine rings is 1. The molecule has 1 aliphatic rings. The minimum atomic E-state index is -1.04. The molecule has 1 saturated heterocycles. The summed E-state index contributed by atoms with van der Waals surface area (Å²) in [5, 5.41) is 10.9. The van der Waals surface area contributed by atoms with Gasteiger partial charge in [0.05, 0.1) is 12.1 Å². The normalized spacial score (nSPS) is 19.9. The Labute approximate surface area is 154 Å². The molecule has 0 saturated carbocycles. The van der Waals surface area contributed by atoms with E-state index in [0.29, 0.717) is 24.3 Å². The molecule has 0 bridgehead atoms. The number of benzene rings is 1. The maximum atomic E-state index is 12.8. The summed E-state index contributed by atoms with van der Waals surface area (Å²) in [4.78, 5) is 20.6. The van der Waals surface area contributed by atoms with Crippen molar-refractivity contribution in [3.05, 3.63) is 54.2 Å². The highest BCUT2D eigenvalue weighted by Crippen LogP contribution is 2.24. The molecule has 1 aromatic carbocycles. The van der Waals surface area contributed by atoms with Gasteiger partial charge in [-0.15, -0.1) is 0 Å². The summed E-state index contributed by atoms with van der Waals surface area (Å²) < 4.78 is 5.72. The number of likely N-dealkylation sites (tertiary alicyclic amines) is 1. The second kappa shape index (κ2) is 7.74. The van der Waals surface area contributed by atoms with Crippen LogP contribution in [0.1, 0.15) is 23.2 Å². The van der Waals surface area contributed by atoms with Crippen LogP contribution in [0.3, 0.4) is 0 Å². The molecule has 6 heteroatoms. The van der Waals surface area contributed by atoms with E-state index >= 15 is 0 Å². The molecular weight excluding hydrogens is 330 g/mol. The van der Waals surface area contributed by atoms with Gasteiger partial charge in [-0.2, -0.15) is 0 Å². The van der Waals surface area contributed by atoms with E-state index in [9.17, 15) is 9.90 Å². The molecule has 1 aliphatic heterocycles. The van der Waals surface area contributed by atoms with Gasteiger partial charge in [0.1, 0.15) is 23.8 Å². The predicted molar refractivity (Wildman–Crippen MR) is 101 cm³/mol. The fourth-order valence-electron chi connectivity index (χ4n) is 3.10. The Balaban J connectivity index is 1.64. The van der Waals surface area contributed by atoms with E-state index in [0.717, 1.165) is 12.2 Å². The molecule has 0 radical (unpaired) electrons. The molecule has 2 heterocycles. The van der Waals surface area contributed by atoms with Crippen LogP contribution >= 0.6 is 0 Å². The molecule has 6 nitrogen and oxygen atoms in total. The van der Waals surface area contributed by atoms with Crippen LogP contribution in [0, 0.1) is 0 Å². The molecule has 1 atom stereocenters. The maximum absolute atomic E-state index is 12.8. The molecule has 1 aromatic heterocycles. The molecule has 0 spiro atoms.